The van der Waals surface area contributed by atoms with E-state index in [1.807, 2.05) is 17.9 Å². The van der Waals surface area contributed by atoms with E-state index in [1.54, 1.807) is 0 Å². The molecule has 2 aliphatic rings. The molecule has 0 amide bonds. The van der Waals surface area contributed by atoms with Crippen LogP contribution < -0.4 is 10.1 Å². The van der Waals surface area contributed by atoms with E-state index in [0.717, 1.165) is 78.7 Å². The van der Waals surface area contributed by atoms with Crippen LogP contribution in [0.5, 0.6) is 5.75 Å². The van der Waals surface area contributed by atoms with Crippen LogP contribution in [0.3, 0.4) is 0 Å². The summed E-state index contributed by atoms with van der Waals surface area (Å²) in [5.41, 5.74) is 5.36. The minimum atomic E-state index is -1.13. The molecular formula is C27H40N6O2Si. The van der Waals surface area contributed by atoms with E-state index in [0.29, 0.717) is 6.04 Å². The van der Waals surface area contributed by atoms with Crippen molar-refractivity contribution in [2.24, 2.45) is 7.05 Å². The lowest BCUT2D eigenvalue weighted by Gasteiger charge is -2.32. The zero-order chi connectivity index (χ0) is 25.3. The fraction of sp³-hybridized carbons (Fsp3) is 0.593. The van der Waals surface area contributed by atoms with Gasteiger partial charge in [-0.2, -0.15) is 5.10 Å². The summed E-state index contributed by atoms with van der Waals surface area (Å²) in [6, 6.07) is 5.82. The van der Waals surface area contributed by atoms with E-state index in [4.69, 9.17) is 14.6 Å². The Hall–Kier alpha value is -2.49. The second kappa shape index (κ2) is 10.5. The lowest BCUT2D eigenvalue weighted by Crippen LogP contribution is -2.42. The molecule has 2 aromatic heterocycles. The van der Waals surface area contributed by atoms with Crippen molar-refractivity contribution in [1.29, 1.82) is 0 Å². The van der Waals surface area contributed by atoms with Crippen molar-refractivity contribution in [3.8, 4) is 17.0 Å². The molecule has 3 aromatic rings. The molecule has 0 spiro atoms. The van der Waals surface area contributed by atoms with Crippen LogP contribution in [0.25, 0.3) is 22.2 Å². The van der Waals surface area contributed by atoms with Gasteiger partial charge in [0.25, 0.3) is 0 Å². The van der Waals surface area contributed by atoms with Crippen LogP contribution in [0.15, 0.2) is 18.3 Å². The molecule has 8 nitrogen and oxygen atoms in total. The summed E-state index contributed by atoms with van der Waals surface area (Å²) >= 11 is 0. The van der Waals surface area contributed by atoms with Crippen LogP contribution >= 0.6 is 0 Å². The highest BCUT2D eigenvalue weighted by atomic mass is 28.3. The molecule has 1 saturated heterocycles. The van der Waals surface area contributed by atoms with Gasteiger partial charge in [-0.25, -0.2) is 0 Å². The molecule has 36 heavy (non-hydrogen) atoms. The van der Waals surface area contributed by atoms with Crippen molar-refractivity contribution in [2.75, 3.05) is 38.4 Å². The van der Waals surface area contributed by atoms with Crippen molar-refractivity contribution in [2.45, 2.75) is 64.3 Å². The van der Waals surface area contributed by atoms with Crippen LogP contribution in [0.2, 0.25) is 25.7 Å². The summed E-state index contributed by atoms with van der Waals surface area (Å²) in [5, 5.41) is 18.7. The average molecular weight is 509 g/mol. The van der Waals surface area contributed by atoms with Gasteiger partial charge in [0.2, 0.25) is 0 Å². The van der Waals surface area contributed by atoms with Crippen molar-refractivity contribution in [3.63, 3.8) is 0 Å². The van der Waals surface area contributed by atoms with Gasteiger partial charge in [-0.3, -0.25) is 4.68 Å². The molecule has 0 unspecified atom stereocenters. The number of nitrogens with one attached hydrogen (secondary N) is 1. The van der Waals surface area contributed by atoms with Crippen molar-refractivity contribution >= 4 is 24.8 Å². The van der Waals surface area contributed by atoms with Gasteiger partial charge in [0.15, 0.2) is 12.6 Å². The third kappa shape index (κ3) is 5.28. The SMILES string of the molecule is CCN1CCC[C@@H](Nc2nnc(-c3ccc4c(c3OCOCC[Si](C)(C)C)CC4)c3c2cnn3C)C1. The molecular weight excluding hydrogens is 468 g/mol. The van der Waals surface area contributed by atoms with Gasteiger partial charge in [-0.15, -0.1) is 10.2 Å². The van der Waals surface area contributed by atoms with Gasteiger partial charge >= 0.3 is 0 Å². The zero-order valence-electron chi connectivity index (χ0n) is 22.4. The molecule has 1 aliphatic heterocycles. The first-order valence-corrected chi connectivity index (χ1v) is 17.1. The molecule has 1 atom stereocenters. The van der Waals surface area contributed by atoms with Crippen molar-refractivity contribution in [3.05, 3.63) is 29.5 Å². The Morgan fingerprint density at radius 2 is 2.03 bits per heavy atom. The van der Waals surface area contributed by atoms with E-state index >= 15 is 0 Å². The van der Waals surface area contributed by atoms with Crippen LogP contribution in [0, 0.1) is 0 Å². The van der Waals surface area contributed by atoms with E-state index in [2.05, 4.69) is 59.1 Å². The van der Waals surface area contributed by atoms with Gasteiger partial charge in [-0.1, -0.05) is 32.6 Å². The minimum Gasteiger partial charge on any atom is -0.467 e. The molecule has 1 aliphatic carbocycles. The number of piperidine rings is 1. The monoisotopic (exact) mass is 508 g/mol. The predicted octanol–water partition coefficient (Wildman–Crippen LogP) is 4.72. The predicted molar refractivity (Wildman–Crippen MR) is 148 cm³/mol. The normalized spacial score (nSPS) is 18.2. The van der Waals surface area contributed by atoms with E-state index in [-0.39, 0.29) is 6.79 Å². The summed E-state index contributed by atoms with van der Waals surface area (Å²) in [6.45, 7) is 13.6. The maximum Gasteiger partial charge on any atom is 0.189 e. The quantitative estimate of drug-likeness (QED) is 0.241. The molecule has 1 aromatic carbocycles. The van der Waals surface area contributed by atoms with E-state index < -0.39 is 8.07 Å². The molecule has 1 fully saturated rings. The molecule has 0 saturated carbocycles. The van der Waals surface area contributed by atoms with Gasteiger partial charge in [0, 0.05) is 39.9 Å². The largest absolute Gasteiger partial charge is 0.467 e. The van der Waals surface area contributed by atoms with Gasteiger partial charge < -0.3 is 19.7 Å². The number of ether oxygens (including phenoxy) is 2. The maximum absolute atomic E-state index is 6.29. The van der Waals surface area contributed by atoms with Crippen LogP contribution in [-0.2, 0) is 24.6 Å². The Kier molecular flexibility index (Phi) is 7.32. The molecule has 194 valence electrons. The number of fused-ring (bicyclic) bond motifs is 2. The third-order valence-electron chi connectivity index (χ3n) is 7.50. The lowest BCUT2D eigenvalue weighted by molar-refractivity contribution is 0.0215. The van der Waals surface area contributed by atoms with Crippen LogP contribution in [0.4, 0.5) is 5.82 Å². The molecule has 0 bridgehead atoms. The van der Waals surface area contributed by atoms with Gasteiger partial charge in [0.1, 0.15) is 11.4 Å². The Balaban J connectivity index is 1.42. The van der Waals surface area contributed by atoms with Gasteiger partial charge in [-0.05, 0) is 62.0 Å². The summed E-state index contributed by atoms with van der Waals surface area (Å²) in [7, 11) is 0.837. The highest BCUT2D eigenvalue weighted by molar-refractivity contribution is 6.76. The summed E-state index contributed by atoms with van der Waals surface area (Å²) in [4.78, 5) is 2.49. The first-order valence-electron chi connectivity index (χ1n) is 13.4. The summed E-state index contributed by atoms with van der Waals surface area (Å²) in [5.74, 6) is 1.70. The Labute approximate surface area is 215 Å². The number of likely N-dealkylation sites (tertiary alicyclic amines) is 1. The van der Waals surface area contributed by atoms with E-state index in [1.165, 1.54) is 24.1 Å². The first-order chi connectivity index (χ1) is 17.3. The second-order valence-corrected chi connectivity index (χ2v) is 17.0. The molecule has 3 heterocycles. The highest BCUT2D eigenvalue weighted by Crippen LogP contribution is 2.42. The molecule has 9 heteroatoms. The standard InChI is InChI=1S/C27H40N6O2Si/c1-6-33-13-7-8-20(17-33)29-27-23-16-28-32(2)25(23)24(30-31-27)22-12-10-19-9-11-21(19)26(22)35-18-34-14-15-36(3,4)5/h10,12,16,20H,6-9,11,13-15,17-18H2,1-5H3,(H,29,31)/t20-/m1/s1. The second-order valence-electron chi connectivity index (χ2n) is 11.4. The smallest absolute Gasteiger partial charge is 0.189 e. The number of rotatable bonds is 10. The number of nitrogens with zero attached hydrogens (tertiary/aromatic N) is 5. The Morgan fingerprint density at radius 3 is 2.78 bits per heavy atom. The number of aryl methyl sites for hydroxylation is 2. The Bertz CT molecular complexity index is 1220. The minimum absolute atomic E-state index is 0.255. The number of hydrogen-bond acceptors (Lipinski definition) is 7. The number of benzene rings is 1. The van der Waals surface area contributed by atoms with Crippen molar-refractivity contribution in [1.82, 2.24) is 24.9 Å². The molecule has 1 N–H and O–H groups in total. The number of aromatic nitrogens is 4. The lowest BCUT2D eigenvalue weighted by atomic mass is 9.85. The van der Waals surface area contributed by atoms with Gasteiger partial charge in [0.05, 0.1) is 17.1 Å². The third-order valence-corrected chi connectivity index (χ3v) is 9.21. The average Bonchev–Trinajstić information content (AvgIpc) is 3.22. The summed E-state index contributed by atoms with van der Waals surface area (Å²) < 4.78 is 14.1. The van der Waals surface area contributed by atoms with Crippen LogP contribution in [0.1, 0.15) is 30.9 Å². The first kappa shape index (κ1) is 25.2. The Morgan fingerprint density at radius 1 is 1.17 bits per heavy atom. The highest BCUT2D eigenvalue weighted by Gasteiger charge is 2.26. The fourth-order valence-corrected chi connectivity index (χ4v) is 5.94. The topological polar surface area (TPSA) is 77.3 Å². The van der Waals surface area contributed by atoms with E-state index in [9.17, 15) is 0 Å². The maximum atomic E-state index is 6.29. The number of hydrogen-bond donors (Lipinski definition) is 1. The molecule has 5 rings (SSSR count). The summed E-state index contributed by atoms with van der Waals surface area (Å²) in [6.07, 6.45) is 6.35. The van der Waals surface area contributed by atoms with Crippen molar-refractivity contribution < 1.29 is 9.47 Å². The number of likely N-dealkylation sites (N-methyl/N-ethyl adjacent to an activating group) is 1. The fourth-order valence-electron chi connectivity index (χ4n) is 5.18. The molecule has 0 radical (unpaired) electrons. The van der Waals surface area contributed by atoms with Crippen LogP contribution in [-0.4, -0.2) is 72.0 Å². The number of anilines is 1. The zero-order valence-corrected chi connectivity index (χ0v) is 23.4.